The van der Waals surface area contributed by atoms with Crippen LogP contribution in [0.4, 0.5) is 0 Å². The molecule has 0 amide bonds. The Labute approximate surface area is 111 Å². The third-order valence-electron chi connectivity index (χ3n) is 3.34. The summed E-state index contributed by atoms with van der Waals surface area (Å²) in [5.74, 6) is 1.48. The minimum atomic E-state index is 0.308. The standard InChI is InChI=1S/C15H26N2O/c1-11(2)12-7-8-15(18-4)13(10-12)14(17-3)6-5-9-16/h7-8,10-11,14,17H,5-6,9,16H2,1-4H3. The van der Waals surface area contributed by atoms with Crippen LogP contribution in [0.25, 0.3) is 0 Å². The van der Waals surface area contributed by atoms with Crippen molar-refractivity contribution < 1.29 is 4.74 Å². The van der Waals surface area contributed by atoms with Crippen LogP contribution in [0.2, 0.25) is 0 Å². The summed E-state index contributed by atoms with van der Waals surface area (Å²) in [5, 5.41) is 3.36. The van der Waals surface area contributed by atoms with Crippen molar-refractivity contribution in [2.24, 2.45) is 5.73 Å². The van der Waals surface area contributed by atoms with Crippen LogP contribution >= 0.6 is 0 Å². The smallest absolute Gasteiger partial charge is 0.123 e. The van der Waals surface area contributed by atoms with E-state index in [1.807, 2.05) is 7.05 Å². The monoisotopic (exact) mass is 250 g/mol. The molecular weight excluding hydrogens is 224 g/mol. The normalized spacial score (nSPS) is 12.8. The third-order valence-corrected chi connectivity index (χ3v) is 3.34. The van der Waals surface area contributed by atoms with Gasteiger partial charge in [0.2, 0.25) is 0 Å². The lowest BCUT2D eigenvalue weighted by Gasteiger charge is -2.21. The minimum absolute atomic E-state index is 0.308. The molecule has 3 N–H and O–H groups in total. The highest BCUT2D eigenvalue weighted by Crippen LogP contribution is 2.31. The second-order valence-electron chi connectivity index (χ2n) is 4.93. The zero-order chi connectivity index (χ0) is 13.5. The van der Waals surface area contributed by atoms with Crippen LogP contribution in [0.5, 0.6) is 5.75 Å². The van der Waals surface area contributed by atoms with E-state index >= 15 is 0 Å². The number of ether oxygens (including phenoxy) is 1. The van der Waals surface area contributed by atoms with Crippen molar-refractivity contribution >= 4 is 0 Å². The summed E-state index contributed by atoms with van der Waals surface area (Å²) in [7, 11) is 3.71. The maximum Gasteiger partial charge on any atom is 0.123 e. The fourth-order valence-corrected chi connectivity index (χ4v) is 2.16. The van der Waals surface area contributed by atoms with Gasteiger partial charge in [0.1, 0.15) is 5.75 Å². The zero-order valence-corrected chi connectivity index (χ0v) is 12.0. The quantitative estimate of drug-likeness (QED) is 0.782. The van der Waals surface area contributed by atoms with E-state index in [4.69, 9.17) is 10.5 Å². The molecule has 0 saturated carbocycles. The van der Waals surface area contributed by atoms with E-state index in [1.54, 1.807) is 7.11 Å². The molecule has 0 aliphatic carbocycles. The summed E-state index contributed by atoms with van der Waals surface area (Å²) >= 11 is 0. The molecule has 0 aliphatic heterocycles. The molecule has 102 valence electrons. The first kappa shape index (κ1) is 15.0. The van der Waals surface area contributed by atoms with Crippen molar-refractivity contribution in [1.29, 1.82) is 0 Å². The van der Waals surface area contributed by atoms with Crippen LogP contribution in [0.3, 0.4) is 0 Å². The maximum absolute atomic E-state index is 5.60. The summed E-state index contributed by atoms with van der Waals surface area (Å²) in [4.78, 5) is 0. The van der Waals surface area contributed by atoms with Gasteiger partial charge < -0.3 is 15.8 Å². The summed E-state index contributed by atoms with van der Waals surface area (Å²) in [5.41, 5.74) is 8.18. The number of hydrogen-bond donors (Lipinski definition) is 2. The van der Waals surface area contributed by atoms with Crippen LogP contribution in [0, 0.1) is 0 Å². The molecule has 1 rings (SSSR count). The van der Waals surface area contributed by atoms with E-state index in [0.29, 0.717) is 12.0 Å². The number of nitrogens with two attached hydrogens (primary N) is 1. The van der Waals surface area contributed by atoms with Gasteiger partial charge in [-0.25, -0.2) is 0 Å². The lowest BCUT2D eigenvalue weighted by molar-refractivity contribution is 0.397. The van der Waals surface area contributed by atoms with E-state index in [9.17, 15) is 0 Å². The second-order valence-corrected chi connectivity index (χ2v) is 4.93. The second kappa shape index (κ2) is 7.39. The van der Waals surface area contributed by atoms with Gasteiger partial charge >= 0.3 is 0 Å². The van der Waals surface area contributed by atoms with Gasteiger partial charge in [-0.1, -0.05) is 26.0 Å². The first-order valence-electron chi connectivity index (χ1n) is 6.69. The summed E-state index contributed by atoms with van der Waals surface area (Å²) in [6, 6.07) is 6.77. The Morgan fingerprint density at radius 1 is 1.33 bits per heavy atom. The molecule has 0 bridgehead atoms. The molecule has 1 unspecified atom stereocenters. The Hall–Kier alpha value is -1.06. The molecule has 3 nitrogen and oxygen atoms in total. The Morgan fingerprint density at radius 2 is 2.06 bits per heavy atom. The van der Waals surface area contributed by atoms with Crippen molar-refractivity contribution in [2.75, 3.05) is 20.7 Å². The van der Waals surface area contributed by atoms with E-state index in [-0.39, 0.29) is 0 Å². The lowest BCUT2D eigenvalue weighted by Crippen LogP contribution is -2.18. The van der Waals surface area contributed by atoms with Crippen LogP contribution in [0.1, 0.15) is 49.8 Å². The van der Waals surface area contributed by atoms with Crippen molar-refractivity contribution in [3.8, 4) is 5.75 Å². The van der Waals surface area contributed by atoms with Crippen molar-refractivity contribution in [3.63, 3.8) is 0 Å². The lowest BCUT2D eigenvalue weighted by atomic mass is 9.95. The van der Waals surface area contributed by atoms with Gasteiger partial charge in [-0.05, 0) is 44.0 Å². The van der Waals surface area contributed by atoms with Gasteiger partial charge in [0.25, 0.3) is 0 Å². The molecule has 0 fully saturated rings. The molecule has 3 heteroatoms. The molecule has 0 aromatic heterocycles. The largest absolute Gasteiger partial charge is 0.496 e. The third kappa shape index (κ3) is 3.72. The predicted octanol–water partition coefficient (Wildman–Crippen LogP) is 2.82. The Kier molecular flexibility index (Phi) is 6.16. The zero-order valence-electron chi connectivity index (χ0n) is 12.0. The van der Waals surface area contributed by atoms with E-state index in [1.165, 1.54) is 11.1 Å². The predicted molar refractivity (Wildman–Crippen MR) is 77.2 cm³/mol. The van der Waals surface area contributed by atoms with Crippen molar-refractivity contribution in [2.45, 2.75) is 38.6 Å². The Bertz CT molecular complexity index is 364. The van der Waals surface area contributed by atoms with Crippen LogP contribution in [0.15, 0.2) is 18.2 Å². The Balaban J connectivity index is 3.04. The van der Waals surface area contributed by atoms with Gasteiger partial charge in [-0.3, -0.25) is 0 Å². The number of hydrogen-bond acceptors (Lipinski definition) is 3. The Morgan fingerprint density at radius 3 is 2.56 bits per heavy atom. The van der Waals surface area contributed by atoms with Crippen LogP contribution < -0.4 is 15.8 Å². The van der Waals surface area contributed by atoms with E-state index < -0.39 is 0 Å². The van der Waals surface area contributed by atoms with E-state index in [0.717, 1.165) is 25.1 Å². The van der Waals surface area contributed by atoms with Gasteiger partial charge in [-0.2, -0.15) is 0 Å². The molecule has 1 aromatic carbocycles. The first-order valence-corrected chi connectivity index (χ1v) is 6.69. The molecule has 1 aromatic rings. The molecule has 0 radical (unpaired) electrons. The highest BCUT2D eigenvalue weighted by Gasteiger charge is 2.15. The summed E-state index contributed by atoms with van der Waals surface area (Å²) in [6.07, 6.45) is 2.05. The molecule has 1 atom stereocenters. The van der Waals surface area contributed by atoms with Crippen molar-refractivity contribution in [3.05, 3.63) is 29.3 Å². The fourth-order valence-electron chi connectivity index (χ4n) is 2.16. The van der Waals surface area contributed by atoms with E-state index in [2.05, 4.69) is 37.4 Å². The highest BCUT2D eigenvalue weighted by molar-refractivity contribution is 5.40. The van der Waals surface area contributed by atoms with Gasteiger partial charge in [-0.15, -0.1) is 0 Å². The average molecular weight is 250 g/mol. The molecule has 0 aliphatic rings. The summed E-state index contributed by atoms with van der Waals surface area (Å²) in [6.45, 7) is 5.14. The first-order chi connectivity index (χ1) is 8.63. The van der Waals surface area contributed by atoms with Gasteiger partial charge in [0, 0.05) is 11.6 Å². The van der Waals surface area contributed by atoms with Gasteiger partial charge in [0.15, 0.2) is 0 Å². The maximum atomic E-state index is 5.60. The number of rotatable bonds is 7. The SMILES string of the molecule is CNC(CCCN)c1cc(C(C)C)ccc1OC. The topological polar surface area (TPSA) is 47.3 Å². The van der Waals surface area contributed by atoms with Crippen LogP contribution in [-0.2, 0) is 0 Å². The average Bonchev–Trinajstić information content (AvgIpc) is 2.39. The van der Waals surface area contributed by atoms with Crippen molar-refractivity contribution in [1.82, 2.24) is 5.32 Å². The molecule has 0 saturated heterocycles. The molecular formula is C15H26N2O. The fraction of sp³-hybridized carbons (Fsp3) is 0.600. The summed E-state index contributed by atoms with van der Waals surface area (Å²) < 4.78 is 5.47. The molecule has 18 heavy (non-hydrogen) atoms. The molecule has 0 heterocycles. The number of benzene rings is 1. The highest BCUT2D eigenvalue weighted by atomic mass is 16.5. The number of methoxy groups -OCH3 is 1. The van der Waals surface area contributed by atoms with Crippen LogP contribution in [-0.4, -0.2) is 20.7 Å². The minimum Gasteiger partial charge on any atom is -0.496 e. The van der Waals surface area contributed by atoms with Gasteiger partial charge in [0.05, 0.1) is 7.11 Å². The molecule has 0 spiro atoms. The number of nitrogens with one attached hydrogen (secondary N) is 1.